The highest BCUT2D eigenvalue weighted by atomic mass is 32.1. The first-order valence-corrected chi connectivity index (χ1v) is 9.47. The standard InChI is InChI=1S/C18H22F3N3O5S/c1-4-5-27-12-6-14(29-13(12)9-28-17(30)22-7-10(2)3)24-8-11(18(19,20)21)15(25)23-16(24)26/h1,8,10,12-14H,5-7,9H2,2-3H3,(H,22,30)(H,23,25,26)/t12-,13+,14+/m0/s1. The predicted molar refractivity (Wildman–Crippen MR) is 105 cm³/mol. The Morgan fingerprint density at radius 1 is 1.50 bits per heavy atom. The number of aromatic amines is 1. The maximum Gasteiger partial charge on any atom is 0.423 e. The second kappa shape index (κ2) is 10.1. The highest BCUT2D eigenvalue weighted by Crippen LogP contribution is 2.32. The number of halogens is 3. The van der Waals surface area contributed by atoms with Crippen molar-refractivity contribution in [3.63, 3.8) is 0 Å². The molecule has 30 heavy (non-hydrogen) atoms. The van der Waals surface area contributed by atoms with Gasteiger partial charge in [0.2, 0.25) is 0 Å². The molecule has 0 bridgehead atoms. The predicted octanol–water partition coefficient (Wildman–Crippen LogP) is 1.41. The van der Waals surface area contributed by atoms with Crippen molar-refractivity contribution in [3.8, 4) is 12.3 Å². The van der Waals surface area contributed by atoms with Gasteiger partial charge in [-0.05, 0) is 18.1 Å². The fourth-order valence-corrected chi connectivity index (χ4v) is 2.90. The maximum absolute atomic E-state index is 13.0. The lowest BCUT2D eigenvalue weighted by Crippen LogP contribution is -2.36. The SMILES string of the molecule is C#CCO[C@H]1C[C@H](n2cc(C(F)(F)F)c(=O)[nH]c2=O)O[C@@H]1COC(=S)NCC(C)C. The highest BCUT2D eigenvalue weighted by molar-refractivity contribution is 7.80. The second-order valence-electron chi connectivity index (χ2n) is 7.00. The summed E-state index contributed by atoms with van der Waals surface area (Å²) < 4.78 is 56.4. The smallest absolute Gasteiger partial charge is 0.423 e. The molecule has 0 unspecified atom stereocenters. The van der Waals surface area contributed by atoms with E-state index in [2.05, 4.69) is 11.2 Å². The zero-order chi connectivity index (χ0) is 22.5. The fourth-order valence-electron chi connectivity index (χ4n) is 2.75. The molecule has 0 saturated carbocycles. The molecule has 2 heterocycles. The van der Waals surface area contributed by atoms with Crippen LogP contribution in [-0.2, 0) is 20.4 Å². The third-order valence-electron chi connectivity index (χ3n) is 4.18. The van der Waals surface area contributed by atoms with Gasteiger partial charge in [0.25, 0.3) is 10.7 Å². The average Bonchev–Trinajstić information content (AvgIpc) is 3.04. The number of nitrogens with one attached hydrogen (secondary N) is 2. The molecule has 0 radical (unpaired) electrons. The molecule has 1 aromatic heterocycles. The summed E-state index contributed by atoms with van der Waals surface area (Å²) >= 11 is 5.07. The average molecular weight is 449 g/mol. The lowest BCUT2D eigenvalue weighted by atomic mass is 10.2. The molecule has 2 N–H and O–H groups in total. The van der Waals surface area contributed by atoms with Crippen molar-refractivity contribution in [2.24, 2.45) is 5.92 Å². The summed E-state index contributed by atoms with van der Waals surface area (Å²) in [5.74, 6) is 2.63. The van der Waals surface area contributed by atoms with Gasteiger partial charge >= 0.3 is 11.9 Å². The Kier molecular flexibility index (Phi) is 8.05. The summed E-state index contributed by atoms with van der Waals surface area (Å²) in [6.45, 7) is 4.43. The van der Waals surface area contributed by atoms with Crippen molar-refractivity contribution >= 4 is 17.4 Å². The first-order valence-electron chi connectivity index (χ1n) is 9.06. The summed E-state index contributed by atoms with van der Waals surface area (Å²) in [6, 6.07) is 0. The van der Waals surface area contributed by atoms with Crippen LogP contribution < -0.4 is 16.6 Å². The summed E-state index contributed by atoms with van der Waals surface area (Å²) in [5.41, 5.74) is -4.07. The second-order valence-corrected chi connectivity index (χ2v) is 7.37. The van der Waals surface area contributed by atoms with E-state index in [9.17, 15) is 22.8 Å². The quantitative estimate of drug-likeness (QED) is 0.480. The molecule has 1 aliphatic rings. The Morgan fingerprint density at radius 3 is 2.80 bits per heavy atom. The van der Waals surface area contributed by atoms with E-state index >= 15 is 0 Å². The zero-order valence-corrected chi connectivity index (χ0v) is 17.1. The van der Waals surface area contributed by atoms with Gasteiger partial charge in [-0.2, -0.15) is 13.2 Å². The number of terminal acetylenes is 1. The van der Waals surface area contributed by atoms with Crippen molar-refractivity contribution in [1.82, 2.24) is 14.9 Å². The Hall–Kier alpha value is -2.36. The topological polar surface area (TPSA) is 94.6 Å². The minimum Gasteiger partial charge on any atom is -0.468 e. The third kappa shape index (κ3) is 6.32. The number of thiocarbonyl (C=S) groups is 1. The molecule has 1 saturated heterocycles. The van der Waals surface area contributed by atoms with Gasteiger partial charge in [-0.3, -0.25) is 14.3 Å². The van der Waals surface area contributed by atoms with Crippen molar-refractivity contribution in [2.45, 2.75) is 44.9 Å². The Morgan fingerprint density at radius 2 is 2.20 bits per heavy atom. The molecule has 0 spiro atoms. The number of hydrogen-bond acceptors (Lipinski definition) is 6. The van der Waals surface area contributed by atoms with Gasteiger partial charge in [0, 0.05) is 19.2 Å². The van der Waals surface area contributed by atoms with Crippen LogP contribution in [0.4, 0.5) is 13.2 Å². The maximum atomic E-state index is 13.0. The van der Waals surface area contributed by atoms with Crippen LogP contribution in [-0.4, -0.2) is 46.7 Å². The first kappa shape index (κ1) is 23.9. The van der Waals surface area contributed by atoms with Crippen LogP contribution in [0.1, 0.15) is 32.1 Å². The number of ether oxygens (including phenoxy) is 3. The van der Waals surface area contributed by atoms with E-state index < -0.39 is 41.4 Å². The molecule has 166 valence electrons. The minimum atomic E-state index is -4.93. The van der Waals surface area contributed by atoms with Gasteiger partial charge in [-0.1, -0.05) is 19.8 Å². The van der Waals surface area contributed by atoms with Gasteiger partial charge < -0.3 is 19.5 Å². The lowest BCUT2D eigenvalue weighted by molar-refractivity contribution is -0.139. The molecule has 12 heteroatoms. The molecule has 1 aromatic rings. The van der Waals surface area contributed by atoms with Crippen molar-refractivity contribution in [1.29, 1.82) is 0 Å². The molecular formula is C18H22F3N3O5S. The molecular weight excluding hydrogens is 427 g/mol. The number of nitrogens with zero attached hydrogens (tertiary/aromatic N) is 1. The van der Waals surface area contributed by atoms with E-state index in [4.69, 9.17) is 32.9 Å². The fraction of sp³-hybridized carbons (Fsp3) is 0.611. The van der Waals surface area contributed by atoms with Crippen LogP contribution >= 0.6 is 12.2 Å². The van der Waals surface area contributed by atoms with E-state index in [0.717, 1.165) is 0 Å². The summed E-state index contributed by atoms with van der Waals surface area (Å²) in [7, 11) is 0. The molecule has 0 aromatic carbocycles. The lowest BCUT2D eigenvalue weighted by Gasteiger charge is -2.19. The number of aromatic nitrogens is 2. The number of H-pyrrole nitrogens is 1. The molecule has 1 fully saturated rings. The van der Waals surface area contributed by atoms with Crippen molar-refractivity contribution in [3.05, 3.63) is 32.6 Å². The van der Waals surface area contributed by atoms with E-state index in [1.54, 1.807) is 4.98 Å². The van der Waals surface area contributed by atoms with Gasteiger partial charge in [-0.15, -0.1) is 6.42 Å². The molecule has 0 aliphatic carbocycles. The minimum absolute atomic E-state index is 0.0190. The van der Waals surface area contributed by atoms with Crippen LogP contribution in [0.15, 0.2) is 15.8 Å². The van der Waals surface area contributed by atoms with Gasteiger partial charge in [0.15, 0.2) is 0 Å². The molecule has 3 atom stereocenters. The summed E-state index contributed by atoms with van der Waals surface area (Å²) in [6.07, 6.45) is -1.82. The number of hydrogen-bond donors (Lipinski definition) is 2. The Balaban J connectivity index is 2.17. The summed E-state index contributed by atoms with van der Waals surface area (Å²) in [5, 5.41) is 3.04. The summed E-state index contributed by atoms with van der Waals surface area (Å²) in [4.78, 5) is 25.2. The van der Waals surface area contributed by atoms with Crippen LogP contribution in [0.3, 0.4) is 0 Å². The van der Waals surface area contributed by atoms with E-state index in [1.807, 2.05) is 13.8 Å². The molecule has 0 amide bonds. The Labute approximate surface area is 175 Å². The van der Waals surface area contributed by atoms with Crippen molar-refractivity contribution < 1.29 is 27.4 Å². The van der Waals surface area contributed by atoms with E-state index in [0.29, 0.717) is 23.2 Å². The van der Waals surface area contributed by atoms with Gasteiger partial charge in [-0.25, -0.2) is 4.79 Å². The number of alkyl halides is 3. The zero-order valence-electron chi connectivity index (χ0n) is 16.3. The first-order chi connectivity index (χ1) is 14.0. The Bertz CT molecular complexity index is 906. The number of rotatable bonds is 7. The van der Waals surface area contributed by atoms with Gasteiger partial charge in [0.05, 0.1) is 6.10 Å². The highest BCUT2D eigenvalue weighted by Gasteiger charge is 2.40. The normalized spacial score (nSPS) is 21.4. The largest absolute Gasteiger partial charge is 0.468 e. The van der Waals surface area contributed by atoms with Crippen LogP contribution in [0, 0.1) is 18.3 Å². The monoisotopic (exact) mass is 449 g/mol. The van der Waals surface area contributed by atoms with E-state index in [-0.39, 0.29) is 24.8 Å². The van der Waals surface area contributed by atoms with Crippen molar-refractivity contribution in [2.75, 3.05) is 19.8 Å². The third-order valence-corrected chi connectivity index (χ3v) is 4.44. The molecule has 8 nitrogen and oxygen atoms in total. The van der Waals surface area contributed by atoms with E-state index in [1.165, 1.54) is 0 Å². The van der Waals surface area contributed by atoms with Crippen LogP contribution in [0.25, 0.3) is 0 Å². The van der Waals surface area contributed by atoms with Gasteiger partial charge in [0.1, 0.15) is 31.1 Å². The van der Waals surface area contributed by atoms with Crippen LogP contribution in [0.5, 0.6) is 0 Å². The molecule has 1 aliphatic heterocycles. The van der Waals surface area contributed by atoms with Crippen LogP contribution in [0.2, 0.25) is 0 Å². The molecule has 2 rings (SSSR count).